The van der Waals surface area contributed by atoms with Crippen molar-refractivity contribution < 1.29 is 13.5 Å². The number of hydrogen-bond donors (Lipinski definition) is 1. The highest BCUT2D eigenvalue weighted by atomic mass is 32.2. The van der Waals surface area contributed by atoms with Gasteiger partial charge in [0.15, 0.2) is 9.84 Å². The molecule has 1 aliphatic rings. The molecule has 1 fully saturated rings. The lowest BCUT2D eigenvalue weighted by molar-refractivity contribution is 0.0257. The Balaban J connectivity index is 2.02. The van der Waals surface area contributed by atoms with Gasteiger partial charge in [-0.3, -0.25) is 0 Å². The Labute approximate surface area is 125 Å². The lowest BCUT2D eigenvalue weighted by Crippen LogP contribution is -2.39. The Hall–Kier alpha value is -0.460. The fraction of sp³-hybridized carbons (Fsp3) is 0.786. The second-order valence-corrected chi connectivity index (χ2v) is 9.10. The SMILES string of the molecule is CC(C)c1nc(CS(=O)(=O)CC2(O)CCCCC2)cs1. The molecule has 0 saturated heterocycles. The first-order chi connectivity index (χ1) is 9.30. The van der Waals surface area contributed by atoms with Crippen molar-refractivity contribution in [2.45, 2.75) is 63.2 Å². The monoisotopic (exact) mass is 317 g/mol. The van der Waals surface area contributed by atoms with Gasteiger partial charge in [0.1, 0.15) is 0 Å². The Morgan fingerprint density at radius 2 is 2.00 bits per heavy atom. The average molecular weight is 317 g/mol. The summed E-state index contributed by atoms with van der Waals surface area (Å²) < 4.78 is 24.5. The zero-order chi connectivity index (χ0) is 14.8. The van der Waals surface area contributed by atoms with E-state index in [0.717, 1.165) is 24.3 Å². The number of thiazole rings is 1. The number of rotatable bonds is 5. The van der Waals surface area contributed by atoms with Crippen LogP contribution >= 0.6 is 11.3 Å². The minimum absolute atomic E-state index is 0.0570. The van der Waals surface area contributed by atoms with E-state index in [1.807, 2.05) is 19.2 Å². The van der Waals surface area contributed by atoms with Gasteiger partial charge in [0.05, 0.1) is 27.8 Å². The van der Waals surface area contributed by atoms with Crippen LogP contribution in [0.2, 0.25) is 0 Å². The first kappa shape index (κ1) is 15.9. The minimum atomic E-state index is -3.31. The summed E-state index contributed by atoms with van der Waals surface area (Å²) >= 11 is 1.51. The smallest absolute Gasteiger partial charge is 0.158 e. The van der Waals surface area contributed by atoms with E-state index < -0.39 is 15.4 Å². The van der Waals surface area contributed by atoms with Crippen LogP contribution in [0.1, 0.15) is 62.6 Å². The summed E-state index contributed by atoms with van der Waals surface area (Å²) in [7, 11) is -3.31. The van der Waals surface area contributed by atoms with Gasteiger partial charge in [0.2, 0.25) is 0 Å². The summed E-state index contributed by atoms with van der Waals surface area (Å²) in [5.41, 5.74) is -0.410. The highest BCUT2D eigenvalue weighted by molar-refractivity contribution is 7.90. The molecule has 1 N–H and O–H groups in total. The van der Waals surface area contributed by atoms with Crippen LogP contribution in [0.5, 0.6) is 0 Å². The predicted octanol–water partition coefficient (Wildman–Crippen LogP) is 2.88. The fourth-order valence-electron chi connectivity index (χ4n) is 2.69. The van der Waals surface area contributed by atoms with Crippen molar-refractivity contribution in [3.8, 4) is 0 Å². The third-order valence-electron chi connectivity index (χ3n) is 3.70. The van der Waals surface area contributed by atoms with Gasteiger partial charge in [-0.05, 0) is 12.8 Å². The van der Waals surface area contributed by atoms with Crippen molar-refractivity contribution in [2.75, 3.05) is 5.75 Å². The molecule has 0 aromatic carbocycles. The molecular formula is C14H23NO3S2. The second kappa shape index (κ2) is 6.12. The zero-order valence-corrected chi connectivity index (χ0v) is 13.8. The normalized spacial score (nSPS) is 19.4. The Morgan fingerprint density at radius 3 is 2.55 bits per heavy atom. The lowest BCUT2D eigenvalue weighted by Gasteiger charge is -2.31. The highest BCUT2D eigenvalue weighted by Crippen LogP contribution is 2.30. The summed E-state index contributed by atoms with van der Waals surface area (Å²) in [6, 6.07) is 0. The predicted molar refractivity (Wildman–Crippen MR) is 81.7 cm³/mol. The van der Waals surface area contributed by atoms with Crippen LogP contribution in [-0.4, -0.2) is 29.9 Å². The molecule has 1 aromatic heterocycles. The van der Waals surface area contributed by atoms with Gasteiger partial charge in [0.25, 0.3) is 0 Å². The molecule has 2 rings (SSSR count). The van der Waals surface area contributed by atoms with Crippen LogP contribution < -0.4 is 0 Å². The largest absolute Gasteiger partial charge is 0.389 e. The molecule has 20 heavy (non-hydrogen) atoms. The summed E-state index contributed by atoms with van der Waals surface area (Å²) in [5, 5.41) is 13.2. The van der Waals surface area contributed by atoms with Gasteiger partial charge < -0.3 is 5.11 Å². The third kappa shape index (κ3) is 4.27. The number of aromatic nitrogens is 1. The summed E-state index contributed by atoms with van der Waals surface area (Å²) in [6.45, 7) is 4.09. The quantitative estimate of drug-likeness (QED) is 0.907. The molecule has 0 spiro atoms. The van der Waals surface area contributed by atoms with Crippen molar-refractivity contribution in [1.82, 2.24) is 4.98 Å². The molecule has 4 nitrogen and oxygen atoms in total. The molecular weight excluding hydrogens is 294 g/mol. The standard InChI is InChI=1S/C14H23NO3S2/c1-11(2)13-15-12(8-19-13)9-20(17,18)10-14(16)6-4-3-5-7-14/h8,11,16H,3-7,9-10H2,1-2H3. The first-order valence-corrected chi connectivity index (χ1v) is 9.87. The van der Waals surface area contributed by atoms with Crippen molar-refractivity contribution in [2.24, 2.45) is 0 Å². The van der Waals surface area contributed by atoms with Crippen LogP contribution in [0.3, 0.4) is 0 Å². The van der Waals surface area contributed by atoms with E-state index in [9.17, 15) is 13.5 Å². The number of aliphatic hydroxyl groups is 1. The van der Waals surface area contributed by atoms with E-state index >= 15 is 0 Å². The fourth-order valence-corrected chi connectivity index (χ4v) is 5.44. The molecule has 0 amide bonds. The van der Waals surface area contributed by atoms with Gasteiger partial charge in [-0.2, -0.15) is 0 Å². The lowest BCUT2D eigenvalue weighted by atomic mass is 9.86. The maximum absolute atomic E-state index is 12.3. The Kier molecular flexibility index (Phi) is 4.87. The van der Waals surface area contributed by atoms with Gasteiger partial charge in [0, 0.05) is 11.3 Å². The van der Waals surface area contributed by atoms with Crippen LogP contribution in [0.4, 0.5) is 0 Å². The second-order valence-electron chi connectivity index (χ2n) is 6.15. The Bertz CT molecular complexity index is 543. The molecule has 0 atom stereocenters. The molecule has 1 aromatic rings. The zero-order valence-electron chi connectivity index (χ0n) is 12.1. The van der Waals surface area contributed by atoms with Gasteiger partial charge in [-0.15, -0.1) is 11.3 Å². The molecule has 114 valence electrons. The number of sulfone groups is 1. The maximum atomic E-state index is 12.3. The van der Waals surface area contributed by atoms with E-state index in [1.54, 1.807) is 0 Å². The average Bonchev–Trinajstić information content (AvgIpc) is 2.76. The third-order valence-corrected chi connectivity index (χ3v) is 6.61. The number of hydrogen-bond acceptors (Lipinski definition) is 5. The van der Waals surface area contributed by atoms with Crippen molar-refractivity contribution >= 4 is 21.2 Å². The van der Waals surface area contributed by atoms with Crippen molar-refractivity contribution in [3.05, 3.63) is 16.1 Å². The molecule has 0 radical (unpaired) electrons. The molecule has 0 unspecified atom stereocenters. The molecule has 0 bridgehead atoms. The van der Waals surface area contributed by atoms with E-state index in [1.165, 1.54) is 11.3 Å². The van der Waals surface area contributed by atoms with E-state index in [4.69, 9.17) is 0 Å². The van der Waals surface area contributed by atoms with Gasteiger partial charge in [-0.1, -0.05) is 33.1 Å². The molecule has 0 aliphatic heterocycles. The summed E-state index contributed by atoms with van der Waals surface area (Å²) in [4.78, 5) is 4.37. The van der Waals surface area contributed by atoms with Crippen LogP contribution in [0.25, 0.3) is 0 Å². The van der Waals surface area contributed by atoms with Crippen LogP contribution in [0.15, 0.2) is 5.38 Å². The molecule has 6 heteroatoms. The molecule has 1 aliphatic carbocycles. The summed E-state index contributed by atoms with van der Waals surface area (Å²) in [5.74, 6) is 0.131. The highest BCUT2D eigenvalue weighted by Gasteiger charge is 2.34. The van der Waals surface area contributed by atoms with E-state index in [2.05, 4.69) is 4.98 Å². The van der Waals surface area contributed by atoms with Crippen molar-refractivity contribution in [3.63, 3.8) is 0 Å². The molecule has 1 heterocycles. The van der Waals surface area contributed by atoms with E-state index in [-0.39, 0.29) is 11.5 Å². The topological polar surface area (TPSA) is 67.3 Å². The van der Waals surface area contributed by atoms with Crippen LogP contribution in [0, 0.1) is 0 Å². The Morgan fingerprint density at radius 1 is 1.35 bits per heavy atom. The maximum Gasteiger partial charge on any atom is 0.158 e. The van der Waals surface area contributed by atoms with E-state index in [0.29, 0.717) is 24.5 Å². The van der Waals surface area contributed by atoms with Gasteiger partial charge >= 0.3 is 0 Å². The summed E-state index contributed by atoms with van der Waals surface area (Å²) in [6.07, 6.45) is 4.12. The van der Waals surface area contributed by atoms with Crippen LogP contribution in [-0.2, 0) is 15.6 Å². The first-order valence-electron chi connectivity index (χ1n) is 7.17. The number of nitrogens with zero attached hydrogens (tertiary/aromatic N) is 1. The van der Waals surface area contributed by atoms with Gasteiger partial charge in [-0.25, -0.2) is 13.4 Å². The minimum Gasteiger partial charge on any atom is -0.389 e. The van der Waals surface area contributed by atoms with Crippen molar-refractivity contribution in [1.29, 1.82) is 0 Å². The molecule has 1 saturated carbocycles.